The zero-order valence-electron chi connectivity index (χ0n) is 22.8. The molecule has 0 saturated carbocycles. The van der Waals surface area contributed by atoms with Crippen molar-refractivity contribution < 1.29 is 14.7 Å². The smallest absolute Gasteiger partial charge is 0.259 e. The number of phenols is 1. The topological polar surface area (TPSA) is 129 Å². The van der Waals surface area contributed by atoms with E-state index in [0.717, 1.165) is 32.7 Å². The molecule has 3 heterocycles. The highest BCUT2D eigenvalue weighted by Crippen LogP contribution is 2.32. The summed E-state index contributed by atoms with van der Waals surface area (Å²) in [4.78, 5) is 45.7. The van der Waals surface area contributed by atoms with Gasteiger partial charge in [-0.15, -0.1) is 12.4 Å². The maximum absolute atomic E-state index is 13.2. The van der Waals surface area contributed by atoms with Gasteiger partial charge in [-0.1, -0.05) is 35.3 Å². The van der Waals surface area contributed by atoms with Crippen molar-refractivity contribution in [3.8, 4) is 16.9 Å². The number of pyridine rings is 2. The molecule has 5 rings (SSSR count). The molecule has 224 valence electrons. The Labute approximate surface area is 264 Å². The van der Waals surface area contributed by atoms with E-state index in [9.17, 15) is 19.5 Å². The fourth-order valence-corrected chi connectivity index (χ4v) is 4.96. The van der Waals surface area contributed by atoms with Crippen LogP contribution in [0.25, 0.3) is 11.1 Å². The van der Waals surface area contributed by atoms with Crippen LogP contribution < -0.4 is 21.5 Å². The predicted octanol–water partition coefficient (Wildman–Crippen LogP) is 4.75. The second-order valence-corrected chi connectivity index (χ2v) is 10.6. The molecule has 0 radical (unpaired) electrons. The van der Waals surface area contributed by atoms with Gasteiger partial charge in [0.25, 0.3) is 17.4 Å². The summed E-state index contributed by atoms with van der Waals surface area (Å²) in [6.07, 6.45) is 3.16. The first-order valence-corrected chi connectivity index (χ1v) is 14.0. The van der Waals surface area contributed by atoms with Crippen molar-refractivity contribution in [2.24, 2.45) is 0 Å². The van der Waals surface area contributed by atoms with Gasteiger partial charge in [0.05, 0.1) is 16.3 Å². The number of rotatable bonds is 8. The molecule has 4 aromatic rings. The van der Waals surface area contributed by atoms with E-state index < -0.39 is 11.8 Å². The summed E-state index contributed by atoms with van der Waals surface area (Å²) in [5, 5.41) is 19.6. The number of hydrogen-bond acceptors (Lipinski definition) is 7. The van der Waals surface area contributed by atoms with Crippen LogP contribution in [0, 0.1) is 0 Å². The summed E-state index contributed by atoms with van der Waals surface area (Å²) in [5.41, 5.74) is 1.16. The van der Waals surface area contributed by atoms with Crippen molar-refractivity contribution in [2.45, 2.75) is 6.54 Å². The van der Waals surface area contributed by atoms with Crippen LogP contribution in [0.2, 0.25) is 10.0 Å². The van der Waals surface area contributed by atoms with Crippen LogP contribution in [0.1, 0.15) is 20.7 Å². The number of anilines is 2. The van der Waals surface area contributed by atoms with Crippen LogP contribution >= 0.6 is 35.6 Å². The van der Waals surface area contributed by atoms with E-state index in [-0.39, 0.29) is 51.4 Å². The number of halogens is 3. The van der Waals surface area contributed by atoms with Gasteiger partial charge in [0.1, 0.15) is 11.6 Å². The Morgan fingerprint density at radius 3 is 2.37 bits per heavy atom. The van der Waals surface area contributed by atoms with Crippen molar-refractivity contribution in [3.63, 3.8) is 0 Å². The number of piperazine rings is 1. The molecule has 2 aromatic carbocycles. The molecule has 0 spiro atoms. The first kappa shape index (κ1) is 32.0. The summed E-state index contributed by atoms with van der Waals surface area (Å²) < 4.78 is 1.70. The molecule has 1 fully saturated rings. The Morgan fingerprint density at radius 1 is 0.930 bits per heavy atom. The lowest BCUT2D eigenvalue weighted by Gasteiger charge is -2.27. The third-order valence-electron chi connectivity index (χ3n) is 6.88. The molecule has 1 saturated heterocycles. The largest absolute Gasteiger partial charge is 0.506 e. The average molecular weight is 644 g/mol. The van der Waals surface area contributed by atoms with Crippen LogP contribution in [0.15, 0.2) is 77.9 Å². The molecule has 2 aromatic heterocycles. The monoisotopic (exact) mass is 642 g/mol. The predicted molar refractivity (Wildman–Crippen MR) is 171 cm³/mol. The highest BCUT2D eigenvalue weighted by Gasteiger charge is 2.20. The Bertz CT molecular complexity index is 1660. The van der Waals surface area contributed by atoms with Gasteiger partial charge in [0.2, 0.25) is 0 Å². The highest BCUT2D eigenvalue weighted by molar-refractivity contribution is 6.32. The maximum Gasteiger partial charge on any atom is 0.259 e. The van der Waals surface area contributed by atoms with Gasteiger partial charge in [-0.3, -0.25) is 19.3 Å². The molecular formula is C30H29Cl3N6O4. The summed E-state index contributed by atoms with van der Waals surface area (Å²) >= 11 is 11.9. The average Bonchev–Trinajstić information content (AvgIpc) is 2.99. The van der Waals surface area contributed by atoms with Crippen LogP contribution in [0.5, 0.6) is 5.75 Å². The maximum atomic E-state index is 13.2. The summed E-state index contributed by atoms with van der Waals surface area (Å²) in [5.74, 6) is -1.38. The molecule has 0 atom stereocenters. The van der Waals surface area contributed by atoms with Gasteiger partial charge in [0, 0.05) is 73.9 Å². The normalized spacial score (nSPS) is 13.2. The first-order valence-electron chi connectivity index (χ1n) is 13.3. The van der Waals surface area contributed by atoms with E-state index >= 15 is 0 Å². The minimum absolute atomic E-state index is 0. The second-order valence-electron chi connectivity index (χ2n) is 9.71. The summed E-state index contributed by atoms with van der Waals surface area (Å²) in [7, 11) is 0. The van der Waals surface area contributed by atoms with Crippen LogP contribution in [-0.4, -0.2) is 64.1 Å². The van der Waals surface area contributed by atoms with E-state index in [0.29, 0.717) is 22.7 Å². The molecular weight excluding hydrogens is 615 g/mol. The number of carbonyl (C=O) groups is 2. The van der Waals surface area contributed by atoms with E-state index in [1.54, 1.807) is 47.2 Å². The number of aromatic hydroxyl groups is 1. The third-order valence-corrected chi connectivity index (χ3v) is 7.32. The van der Waals surface area contributed by atoms with E-state index in [4.69, 9.17) is 23.2 Å². The number of carbonyl (C=O) groups excluding carboxylic acids is 2. The molecule has 1 aliphatic rings. The number of benzene rings is 2. The fraction of sp³-hybridized carbons (Fsp3) is 0.200. The Kier molecular flexibility index (Phi) is 10.8. The lowest BCUT2D eigenvalue weighted by molar-refractivity contribution is 0.102. The van der Waals surface area contributed by atoms with Gasteiger partial charge in [-0.05, 0) is 48.0 Å². The first-order chi connectivity index (χ1) is 20.3. The molecule has 10 nitrogen and oxygen atoms in total. The minimum atomic E-state index is -0.648. The minimum Gasteiger partial charge on any atom is -0.506 e. The second kappa shape index (κ2) is 14.5. The third kappa shape index (κ3) is 7.92. The highest BCUT2D eigenvalue weighted by atomic mass is 35.5. The number of nitrogens with zero attached hydrogens (tertiary/aromatic N) is 3. The Hall–Kier alpha value is -3.93. The number of phenolic OH excluding ortho intramolecular Hbond substituents is 1. The molecule has 1 aliphatic heterocycles. The molecule has 0 unspecified atom stereocenters. The number of aromatic nitrogens is 2. The lowest BCUT2D eigenvalue weighted by Crippen LogP contribution is -2.45. The zero-order valence-corrected chi connectivity index (χ0v) is 25.2. The molecule has 0 aliphatic carbocycles. The van der Waals surface area contributed by atoms with Crippen LogP contribution in [0.3, 0.4) is 0 Å². The Balaban J connectivity index is 0.00000423. The van der Waals surface area contributed by atoms with E-state index in [1.807, 2.05) is 6.07 Å². The number of amides is 2. The van der Waals surface area contributed by atoms with Gasteiger partial charge in [0.15, 0.2) is 0 Å². The number of hydrogen-bond donors (Lipinski definition) is 4. The summed E-state index contributed by atoms with van der Waals surface area (Å²) in [6, 6.07) is 15.7. The Morgan fingerprint density at radius 2 is 1.67 bits per heavy atom. The van der Waals surface area contributed by atoms with Crippen molar-refractivity contribution >= 4 is 58.9 Å². The fourth-order valence-electron chi connectivity index (χ4n) is 4.64. The standard InChI is InChI=1S/C30H28Cl2N6O4.ClH/c31-21-7-8-26(34-18-21)35-29(41)24-16-22(32)17-25(39)27(24)36-28(40)20-5-3-19(4-6-20)23-2-1-11-38(30(23)42)15-14-37-12-9-33-10-13-37;/h1-8,11,16-18,33,39H,9-10,12-15H2,(H,36,40)(H,34,35,41);1H. The quantitative estimate of drug-likeness (QED) is 0.204. The van der Waals surface area contributed by atoms with Crippen molar-refractivity contribution in [1.82, 2.24) is 19.8 Å². The zero-order chi connectivity index (χ0) is 29.6. The summed E-state index contributed by atoms with van der Waals surface area (Å²) in [6.45, 7) is 5.18. The lowest BCUT2D eigenvalue weighted by atomic mass is 10.0. The van der Waals surface area contributed by atoms with Crippen LogP contribution in [-0.2, 0) is 6.54 Å². The molecule has 43 heavy (non-hydrogen) atoms. The van der Waals surface area contributed by atoms with Crippen molar-refractivity contribution in [2.75, 3.05) is 43.4 Å². The molecule has 0 bridgehead atoms. The molecule has 13 heteroatoms. The SMILES string of the molecule is Cl.O=C(Nc1c(O)cc(Cl)cc1C(=O)Nc1ccc(Cl)cn1)c1ccc(-c2cccn(CCN3CCNCC3)c2=O)cc1. The molecule has 2 amide bonds. The van der Waals surface area contributed by atoms with Crippen molar-refractivity contribution in [1.29, 1.82) is 0 Å². The van der Waals surface area contributed by atoms with Gasteiger partial charge < -0.3 is 25.6 Å². The molecule has 4 N–H and O–H groups in total. The van der Waals surface area contributed by atoms with E-state index in [2.05, 4.69) is 25.8 Å². The van der Waals surface area contributed by atoms with Gasteiger partial charge in [-0.2, -0.15) is 0 Å². The van der Waals surface area contributed by atoms with Gasteiger partial charge in [-0.25, -0.2) is 4.98 Å². The van der Waals surface area contributed by atoms with Crippen molar-refractivity contribution in [3.05, 3.63) is 105 Å². The van der Waals surface area contributed by atoms with E-state index in [1.165, 1.54) is 24.4 Å². The van der Waals surface area contributed by atoms with Gasteiger partial charge >= 0.3 is 0 Å². The van der Waals surface area contributed by atoms with Crippen LogP contribution in [0.4, 0.5) is 11.5 Å². The number of nitrogens with one attached hydrogen (secondary N) is 3.